The van der Waals surface area contributed by atoms with Crippen LogP contribution in [0.1, 0.15) is 17.8 Å². The molecule has 5 nitrogen and oxygen atoms in total. The number of urea groups is 1. The van der Waals surface area contributed by atoms with Gasteiger partial charge in [0.05, 0.1) is 11.4 Å². The fourth-order valence-electron chi connectivity index (χ4n) is 0.887. The quantitative estimate of drug-likeness (QED) is 0.653. The number of alkyl halides is 2. The van der Waals surface area contributed by atoms with E-state index in [4.69, 9.17) is 5.73 Å². The first kappa shape index (κ1) is 9.43. The maximum Gasteiger partial charge on any atom is 0.316 e. The molecule has 0 atom stereocenters. The number of nitrogens with two attached hydrogens (primary N) is 1. The van der Waals surface area contributed by atoms with Gasteiger partial charge in [-0.2, -0.15) is 5.10 Å². The predicted molar refractivity (Wildman–Crippen MR) is 41.5 cm³/mol. The molecule has 0 radical (unpaired) electrons. The number of hydrogen-bond donors (Lipinski definition) is 3. The molecule has 1 aromatic rings. The van der Waals surface area contributed by atoms with Crippen molar-refractivity contribution in [1.29, 1.82) is 0 Å². The van der Waals surface area contributed by atoms with Gasteiger partial charge in [-0.05, 0) is 6.92 Å². The molecule has 0 unspecified atom stereocenters. The normalized spacial score (nSPS) is 10.5. The van der Waals surface area contributed by atoms with Crippen molar-refractivity contribution in [1.82, 2.24) is 10.2 Å². The van der Waals surface area contributed by atoms with E-state index in [-0.39, 0.29) is 5.69 Å². The molecule has 4 N–H and O–H groups in total. The van der Waals surface area contributed by atoms with Gasteiger partial charge in [0.1, 0.15) is 0 Å². The van der Waals surface area contributed by atoms with Crippen molar-refractivity contribution in [2.24, 2.45) is 5.73 Å². The number of amides is 2. The molecule has 1 heterocycles. The van der Waals surface area contributed by atoms with Crippen molar-refractivity contribution >= 4 is 11.7 Å². The van der Waals surface area contributed by atoms with Crippen LogP contribution in [-0.4, -0.2) is 16.2 Å². The number of anilines is 1. The van der Waals surface area contributed by atoms with Crippen molar-refractivity contribution in [2.75, 3.05) is 5.32 Å². The highest BCUT2D eigenvalue weighted by atomic mass is 19.3. The van der Waals surface area contributed by atoms with Gasteiger partial charge in [-0.1, -0.05) is 0 Å². The number of H-pyrrole nitrogens is 1. The highest BCUT2D eigenvalue weighted by Gasteiger charge is 2.19. The first-order valence-electron chi connectivity index (χ1n) is 3.42. The third-order valence-corrected chi connectivity index (χ3v) is 1.43. The van der Waals surface area contributed by atoms with Gasteiger partial charge >= 0.3 is 6.03 Å². The van der Waals surface area contributed by atoms with Crippen LogP contribution in [0.3, 0.4) is 0 Å². The molecule has 1 aromatic heterocycles. The van der Waals surface area contributed by atoms with Crippen molar-refractivity contribution < 1.29 is 13.6 Å². The van der Waals surface area contributed by atoms with E-state index in [0.29, 0.717) is 5.69 Å². The largest absolute Gasteiger partial charge is 0.351 e. The lowest BCUT2D eigenvalue weighted by molar-refractivity contribution is 0.147. The predicted octanol–water partition coefficient (Wildman–Crippen LogP) is 1.15. The second kappa shape index (κ2) is 3.38. The Labute approximate surface area is 72.3 Å². The van der Waals surface area contributed by atoms with Crippen LogP contribution in [0.5, 0.6) is 0 Å². The van der Waals surface area contributed by atoms with Crippen LogP contribution in [0.15, 0.2) is 0 Å². The van der Waals surface area contributed by atoms with Crippen molar-refractivity contribution in [3.63, 3.8) is 0 Å². The summed E-state index contributed by atoms with van der Waals surface area (Å²) < 4.78 is 24.4. The number of carbonyl (C=O) groups excluding carboxylic acids is 1. The van der Waals surface area contributed by atoms with Gasteiger partial charge in [-0.25, -0.2) is 13.6 Å². The Morgan fingerprint density at radius 3 is 2.77 bits per heavy atom. The summed E-state index contributed by atoms with van der Waals surface area (Å²) in [5.74, 6) is 0. The average molecular weight is 190 g/mol. The molecule has 0 aliphatic rings. The molecule has 0 aliphatic carbocycles. The summed E-state index contributed by atoms with van der Waals surface area (Å²) in [4.78, 5) is 10.4. The van der Waals surface area contributed by atoms with E-state index in [0.717, 1.165) is 0 Å². The van der Waals surface area contributed by atoms with Gasteiger partial charge in [-0.3, -0.25) is 5.10 Å². The van der Waals surface area contributed by atoms with Gasteiger partial charge in [0.2, 0.25) is 0 Å². The number of primary amides is 1. The summed E-state index contributed by atoms with van der Waals surface area (Å²) in [7, 11) is 0. The first-order chi connectivity index (χ1) is 6.02. The minimum Gasteiger partial charge on any atom is -0.351 e. The topological polar surface area (TPSA) is 83.8 Å². The number of nitrogens with one attached hydrogen (secondary N) is 2. The van der Waals surface area contributed by atoms with Gasteiger partial charge < -0.3 is 11.1 Å². The molecule has 0 spiro atoms. The molecule has 0 bridgehead atoms. The van der Waals surface area contributed by atoms with E-state index in [2.05, 4.69) is 15.5 Å². The molecule has 0 aliphatic heterocycles. The summed E-state index contributed by atoms with van der Waals surface area (Å²) in [6.07, 6.45) is -2.74. The van der Waals surface area contributed by atoms with Crippen LogP contribution in [0.4, 0.5) is 19.3 Å². The molecular weight excluding hydrogens is 182 g/mol. The highest BCUT2D eigenvalue weighted by Crippen LogP contribution is 2.26. The lowest BCUT2D eigenvalue weighted by Crippen LogP contribution is -2.20. The van der Waals surface area contributed by atoms with Crippen LogP contribution < -0.4 is 11.1 Å². The molecule has 0 saturated carbocycles. The number of aromatic nitrogens is 2. The molecule has 72 valence electrons. The highest BCUT2D eigenvalue weighted by molar-refractivity contribution is 5.89. The summed E-state index contributed by atoms with van der Waals surface area (Å²) in [5, 5.41) is 7.71. The molecule has 0 saturated heterocycles. The third kappa shape index (κ3) is 1.92. The minimum atomic E-state index is -2.74. The Hall–Kier alpha value is -1.66. The maximum absolute atomic E-state index is 12.2. The Morgan fingerprint density at radius 2 is 2.31 bits per heavy atom. The Morgan fingerprint density at radius 1 is 1.69 bits per heavy atom. The summed E-state index contributed by atoms with van der Waals surface area (Å²) in [6, 6.07) is -0.897. The molecule has 0 fully saturated rings. The number of nitrogens with zero attached hydrogens (tertiary/aromatic N) is 1. The number of rotatable bonds is 2. The number of aryl methyl sites for hydroxylation is 1. The molecule has 0 aromatic carbocycles. The van der Waals surface area contributed by atoms with Gasteiger partial charge in [-0.15, -0.1) is 0 Å². The van der Waals surface area contributed by atoms with Crippen molar-refractivity contribution in [2.45, 2.75) is 13.3 Å². The van der Waals surface area contributed by atoms with E-state index in [9.17, 15) is 13.6 Å². The van der Waals surface area contributed by atoms with Crippen LogP contribution in [0.25, 0.3) is 0 Å². The molecule has 13 heavy (non-hydrogen) atoms. The van der Waals surface area contributed by atoms with Crippen molar-refractivity contribution in [3.8, 4) is 0 Å². The van der Waals surface area contributed by atoms with Gasteiger partial charge in [0.25, 0.3) is 6.43 Å². The Kier molecular flexibility index (Phi) is 2.45. The van der Waals surface area contributed by atoms with Crippen LogP contribution in [0.2, 0.25) is 0 Å². The third-order valence-electron chi connectivity index (χ3n) is 1.43. The van der Waals surface area contributed by atoms with E-state index >= 15 is 0 Å². The van der Waals surface area contributed by atoms with Crippen molar-refractivity contribution in [3.05, 3.63) is 11.4 Å². The van der Waals surface area contributed by atoms with E-state index < -0.39 is 18.2 Å². The second-order valence-corrected chi connectivity index (χ2v) is 2.40. The Bertz CT molecular complexity index is 322. The van der Waals surface area contributed by atoms with E-state index in [1.54, 1.807) is 0 Å². The fourth-order valence-corrected chi connectivity index (χ4v) is 0.887. The standard InChI is InChI=1S/C6H8F2N4O/c1-2-3(10-6(9)13)4(5(7)8)12-11-2/h5H,1H3,(H,11,12)(H3,9,10,13). The number of carbonyl (C=O) groups is 1. The molecular formula is C6H8F2N4O. The maximum atomic E-state index is 12.2. The first-order valence-corrected chi connectivity index (χ1v) is 3.42. The van der Waals surface area contributed by atoms with Gasteiger partial charge in [0.15, 0.2) is 5.69 Å². The van der Waals surface area contributed by atoms with E-state index in [1.165, 1.54) is 6.92 Å². The second-order valence-electron chi connectivity index (χ2n) is 2.40. The zero-order chi connectivity index (χ0) is 10.0. The summed E-state index contributed by atoms with van der Waals surface area (Å²) >= 11 is 0. The zero-order valence-corrected chi connectivity index (χ0v) is 6.77. The lowest BCUT2D eigenvalue weighted by Gasteiger charge is -2.01. The number of halogens is 2. The molecule has 1 rings (SSSR count). The molecule has 7 heteroatoms. The zero-order valence-electron chi connectivity index (χ0n) is 6.77. The number of hydrogen-bond acceptors (Lipinski definition) is 2. The van der Waals surface area contributed by atoms with Crippen LogP contribution in [-0.2, 0) is 0 Å². The average Bonchev–Trinajstić information content (AvgIpc) is 2.32. The lowest BCUT2D eigenvalue weighted by atomic mass is 10.3. The van der Waals surface area contributed by atoms with Crippen LogP contribution >= 0.6 is 0 Å². The van der Waals surface area contributed by atoms with Gasteiger partial charge in [0, 0.05) is 0 Å². The summed E-state index contributed by atoms with van der Waals surface area (Å²) in [6.45, 7) is 1.50. The van der Waals surface area contributed by atoms with Crippen LogP contribution in [0, 0.1) is 6.92 Å². The minimum absolute atomic E-state index is 0.0532. The molecule has 2 amide bonds. The van der Waals surface area contributed by atoms with E-state index in [1.807, 2.05) is 0 Å². The Balaban J connectivity index is 3.01. The fraction of sp³-hybridized carbons (Fsp3) is 0.333. The summed E-state index contributed by atoms with van der Waals surface area (Å²) in [5.41, 5.74) is 4.57. The number of aromatic amines is 1. The monoisotopic (exact) mass is 190 g/mol. The smallest absolute Gasteiger partial charge is 0.316 e. The SMILES string of the molecule is Cc1[nH]nc(C(F)F)c1NC(N)=O.